The molecule has 212 valence electrons. The first kappa shape index (κ1) is 27.5. The van der Waals surface area contributed by atoms with E-state index in [1.54, 1.807) is 0 Å². The van der Waals surface area contributed by atoms with Gasteiger partial charge in [0.05, 0.1) is 0 Å². The maximum Gasteiger partial charge on any atom is 0.244 e. The quantitative estimate of drug-likeness (QED) is 0.178. The van der Waals surface area contributed by atoms with Crippen LogP contribution < -0.4 is 15.8 Å². The summed E-state index contributed by atoms with van der Waals surface area (Å²) in [5.74, 6) is 0. The normalized spacial score (nSPS) is 16.9. The van der Waals surface area contributed by atoms with Gasteiger partial charge in [0.25, 0.3) is 0 Å². The predicted octanol–water partition coefficient (Wildman–Crippen LogP) is 9.84. The summed E-state index contributed by atoms with van der Waals surface area (Å²) in [6, 6.07) is 34.1. The fraction of sp³-hybridized carbons (Fsp3) is 0.220. The molecule has 0 saturated carbocycles. The van der Waals surface area contributed by atoms with E-state index in [0.29, 0.717) is 0 Å². The highest BCUT2D eigenvalue weighted by atomic mass is 15.1. The Kier molecular flexibility index (Phi) is 6.15. The molecule has 0 atom stereocenters. The van der Waals surface area contributed by atoms with Gasteiger partial charge >= 0.3 is 0 Å². The molecule has 7 rings (SSSR count). The zero-order chi connectivity index (χ0) is 30.3. The lowest BCUT2D eigenvalue weighted by molar-refractivity contribution is 0.588. The third-order valence-electron chi connectivity index (χ3n) is 9.94. The standard InChI is InChI=1S/C41H40BN/c1-9-26(2)24-33-27(3)37-32-16-13-17-35-38(32)42(39(37)41(33,7)8)34-23-20-29(28-18-21-30(22-19-28)40(4,5)6)25-36(34)43(35)31-14-11-10-12-15-31/h9-25H,1H2,2-8H3/b26-24-. The van der Waals surface area contributed by atoms with Crippen LogP contribution in [0.3, 0.4) is 0 Å². The fourth-order valence-corrected chi connectivity index (χ4v) is 7.72. The van der Waals surface area contributed by atoms with E-state index in [1.165, 1.54) is 78.0 Å². The first-order valence-corrected chi connectivity index (χ1v) is 15.5. The van der Waals surface area contributed by atoms with Crippen LogP contribution in [0.4, 0.5) is 17.1 Å². The van der Waals surface area contributed by atoms with Gasteiger partial charge < -0.3 is 4.90 Å². The topological polar surface area (TPSA) is 3.24 Å². The van der Waals surface area contributed by atoms with E-state index in [-0.39, 0.29) is 17.5 Å². The van der Waals surface area contributed by atoms with Crippen LogP contribution >= 0.6 is 0 Å². The Morgan fingerprint density at radius 3 is 2.21 bits per heavy atom. The van der Waals surface area contributed by atoms with Crippen molar-refractivity contribution in [2.24, 2.45) is 5.41 Å². The van der Waals surface area contributed by atoms with Crippen LogP contribution in [0.2, 0.25) is 0 Å². The highest BCUT2D eigenvalue weighted by molar-refractivity contribution is 6.96. The van der Waals surface area contributed by atoms with E-state index in [4.69, 9.17) is 0 Å². The smallest absolute Gasteiger partial charge is 0.244 e. The molecule has 0 saturated heterocycles. The summed E-state index contributed by atoms with van der Waals surface area (Å²) in [4.78, 5) is 2.49. The van der Waals surface area contributed by atoms with E-state index < -0.39 is 0 Å². The molecule has 0 spiro atoms. The zero-order valence-corrected chi connectivity index (χ0v) is 26.5. The van der Waals surface area contributed by atoms with Crippen LogP contribution in [-0.4, -0.2) is 6.71 Å². The van der Waals surface area contributed by atoms with Crippen molar-refractivity contribution < 1.29 is 0 Å². The first-order chi connectivity index (χ1) is 20.5. The lowest BCUT2D eigenvalue weighted by Gasteiger charge is -2.39. The van der Waals surface area contributed by atoms with E-state index in [0.717, 1.165) is 0 Å². The van der Waals surface area contributed by atoms with Gasteiger partial charge in [0.2, 0.25) is 6.71 Å². The SMILES string of the molecule is C=C/C(C)=C\C1=C(C)C2=C(B3c4ccc(-c5ccc(C(C)(C)C)cc5)cc4N(c4ccccc4)c4cccc2c43)C1(C)C. The van der Waals surface area contributed by atoms with Crippen LogP contribution in [0, 0.1) is 5.41 Å². The number of anilines is 3. The molecule has 4 aromatic rings. The van der Waals surface area contributed by atoms with E-state index in [2.05, 4.69) is 157 Å². The number of allylic oxidation sites excluding steroid dienone is 7. The van der Waals surface area contributed by atoms with E-state index in [1.807, 2.05) is 6.08 Å². The number of hydrogen-bond donors (Lipinski definition) is 0. The summed E-state index contributed by atoms with van der Waals surface area (Å²) in [6.45, 7) is 20.4. The van der Waals surface area contributed by atoms with Crippen molar-refractivity contribution in [1.82, 2.24) is 0 Å². The molecule has 0 fully saturated rings. The van der Waals surface area contributed by atoms with Gasteiger partial charge in [-0.3, -0.25) is 0 Å². The molecule has 2 aliphatic heterocycles. The second kappa shape index (κ2) is 9.61. The van der Waals surface area contributed by atoms with Crippen LogP contribution in [0.15, 0.2) is 132 Å². The molecule has 0 N–H and O–H groups in total. The molecule has 0 amide bonds. The summed E-state index contributed by atoms with van der Waals surface area (Å²) >= 11 is 0. The van der Waals surface area contributed by atoms with Crippen molar-refractivity contribution in [3.05, 3.63) is 143 Å². The molecular weight excluding hydrogens is 517 g/mol. The molecule has 1 nitrogen and oxygen atoms in total. The molecule has 0 aromatic heterocycles. The third kappa shape index (κ3) is 4.07. The molecule has 0 bridgehead atoms. The van der Waals surface area contributed by atoms with Gasteiger partial charge in [0.15, 0.2) is 0 Å². The molecule has 0 radical (unpaired) electrons. The van der Waals surface area contributed by atoms with Gasteiger partial charge in [-0.25, -0.2) is 0 Å². The third-order valence-corrected chi connectivity index (χ3v) is 9.94. The Morgan fingerprint density at radius 2 is 1.53 bits per heavy atom. The monoisotopic (exact) mass is 557 g/mol. The number of nitrogens with zero attached hydrogens (tertiary/aromatic N) is 1. The summed E-state index contributed by atoms with van der Waals surface area (Å²) in [7, 11) is 0. The molecule has 3 aliphatic rings. The number of benzene rings is 4. The average Bonchev–Trinajstić information content (AvgIpc) is 3.45. The number of fused-ring (bicyclic) bond motifs is 4. The van der Waals surface area contributed by atoms with Gasteiger partial charge in [-0.1, -0.05) is 131 Å². The van der Waals surface area contributed by atoms with Gasteiger partial charge in [0.1, 0.15) is 0 Å². The molecule has 1 aliphatic carbocycles. The van der Waals surface area contributed by atoms with Gasteiger partial charge in [-0.2, -0.15) is 0 Å². The van der Waals surface area contributed by atoms with E-state index >= 15 is 0 Å². The van der Waals surface area contributed by atoms with E-state index in [9.17, 15) is 0 Å². The highest BCUT2D eigenvalue weighted by Gasteiger charge is 2.52. The van der Waals surface area contributed by atoms with Crippen molar-refractivity contribution in [2.75, 3.05) is 4.90 Å². The lowest BCUT2D eigenvalue weighted by atomic mass is 9.33. The lowest BCUT2D eigenvalue weighted by Crippen LogP contribution is -2.52. The number of hydrogen-bond acceptors (Lipinski definition) is 1. The second-order valence-electron chi connectivity index (χ2n) is 14.0. The zero-order valence-electron chi connectivity index (χ0n) is 26.5. The van der Waals surface area contributed by atoms with Crippen molar-refractivity contribution in [3.63, 3.8) is 0 Å². The summed E-state index contributed by atoms with van der Waals surface area (Å²) in [6.07, 6.45) is 4.32. The molecular formula is C41H40BN. The molecule has 0 unspecified atom stereocenters. The Labute approximate surface area is 258 Å². The first-order valence-electron chi connectivity index (χ1n) is 15.5. The maximum absolute atomic E-state index is 4.04. The van der Waals surface area contributed by atoms with Crippen LogP contribution in [0.1, 0.15) is 59.6 Å². The highest BCUT2D eigenvalue weighted by Crippen LogP contribution is 2.56. The van der Waals surface area contributed by atoms with Crippen molar-refractivity contribution in [2.45, 2.75) is 53.9 Å². The van der Waals surface area contributed by atoms with Gasteiger partial charge in [0, 0.05) is 22.5 Å². The van der Waals surface area contributed by atoms with Crippen molar-refractivity contribution in [3.8, 4) is 11.1 Å². The van der Waals surface area contributed by atoms with Crippen molar-refractivity contribution in [1.29, 1.82) is 0 Å². The number of rotatable bonds is 4. The molecule has 4 aromatic carbocycles. The van der Waals surface area contributed by atoms with Gasteiger partial charge in [-0.15, -0.1) is 0 Å². The minimum atomic E-state index is -0.0989. The minimum Gasteiger partial charge on any atom is -0.311 e. The maximum atomic E-state index is 4.04. The molecule has 2 heteroatoms. The van der Waals surface area contributed by atoms with Crippen LogP contribution in [0.25, 0.3) is 16.7 Å². The average molecular weight is 558 g/mol. The molecule has 2 heterocycles. The Hall–Kier alpha value is -4.30. The summed E-state index contributed by atoms with van der Waals surface area (Å²) in [5, 5.41) is 0. The minimum absolute atomic E-state index is 0.0989. The second-order valence-corrected chi connectivity index (χ2v) is 14.0. The Balaban J connectivity index is 1.47. The molecule has 43 heavy (non-hydrogen) atoms. The van der Waals surface area contributed by atoms with Crippen LogP contribution in [0.5, 0.6) is 0 Å². The summed E-state index contributed by atoms with van der Waals surface area (Å²) < 4.78 is 0. The Bertz CT molecular complexity index is 1890. The van der Waals surface area contributed by atoms with Crippen LogP contribution in [-0.2, 0) is 5.41 Å². The van der Waals surface area contributed by atoms with Gasteiger partial charge in [-0.05, 0) is 93.4 Å². The summed E-state index contributed by atoms with van der Waals surface area (Å²) in [5.41, 5.74) is 18.8. The van der Waals surface area contributed by atoms with Crippen molar-refractivity contribution >= 4 is 40.3 Å². The fourth-order valence-electron chi connectivity index (χ4n) is 7.72. The largest absolute Gasteiger partial charge is 0.311 e. The predicted molar refractivity (Wildman–Crippen MR) is 188 cm³/mol. The number of para-hydroxylation sites is 1. The Morgan fingerprint density at radius 1 is 0.837 bits per heavy atom.